The SMILES string of the molecule is CCOC(=O)CC=Cc1ccc([N+](=O)[O-])c(F)c1. The molecule has 0 fully saturated rings. The number of halogens is 1. The van der Waals surface area contributed by atoms with Gasteiger partial charge in [-0.05, 0) is 24.6 Å². The van der Waals surface area contributed by atoms with Crippen LogP contribution in [0.15, 0.2) is 24.3 Å². The van der Waals surface area contributed by atoms with Gasteiger partial charge >= 0.3 is 11.7 Å². The summed E-state index contributed by atoms with van der Waals surface area (Å²) in [4.78, 5) is 20.6. The lowest BCUT2D eigenvalue weighted by Crippen LogP contribution is -2.01. The molecule has 5 nitrogen and oxygen atoms in total. The molecule has 0 atom stereocenters. The van der Waals surface area contributed by atoms with Crippen LogP contribution in [0.1, 0.15) is 18.9 Å². The van der Waals surface area contributed by atoms with Gasteiger partial charge in [-0.3, -0.25) is 14.9 Å². The quantitative estimate of drug-likeness (QED) is 0.459. The van der Waals surface area contributed by atoms with Crippen molar-refractivity contribution in [1.29, 1.82) is 0 Å². The van der Waals surface area contributed by atoms with Gasteiger partial charge in [-0.15, -0.1) is 0 Å². The first-order valence-electron chi connectivity index (χ1n) is 5.30. The van der Waals surface area contributed by atoms with Gasteiger partial charge in [-0.25, -0.2) is 0 Å². The van der Waals surface area contributed by atoms with Crippen LogP contribution in [0.3, 0.4) is 0 Å². The number of hydrogen-bond acceptors (Lipinski definition) is 4. The van der Waals surface area contributed by atoms with Crippen molar-refractivity contribution in [3.05, 3.63) is 45.8 Å². The highest BCUT2D eigenvalue weighted by Gasteiger charge is 2.12. The molecule has 1 aromatic rings. The van der Waals surface area contributed by atoms with E-state index < -0.39 is 16.4 Å². The van der Waals surface area contributed by atoms with Crippen LogP contribution in [-0.4, -0.2) is 17.5 Å². The second kappa shape index (κ2) is 6.48. The molecule has 1 aromatic carbocycles. The zero-order chi connectivity index (χ0) is 13.5. The molecule has 0 saturated heterocycles. The van der Waals surface area contributed by atoms with Crippen LogP contribution in [0.2, 0.25) is 0 Å². The predicted molar refractivity (Wildman–Crippen MR) is 63.3 cm³/mol. The molecular formula is C12H12FNO4. The van der Waals surface area contributed by atoms with E-state index in [2.05, 4.69) is 0 Å². The molecule has 0 aliphatic heterocycles. The molecule has 0 heterocycles. The van der Waals surface area contributed by atoms with Crippen LogP contribution >= 0.6 is 0 Å². The van der Waals surface area contributed by atoms with Crippen molar-refractivity contribution < 1.29 is 18.8 Å². The maximum atomic E-state index is 13.2. The summed E-state index contributed by atoms with van der Waals surface area (Å²) in [5, 5.41) is 10.4. The van der Waals surface area contributed by atoms with Crippen LogP contribution in [0.5, 0.6) is 0 Å². The van der Waals surface area contributed by atoms with Crippen molar-refractivity contribution >= 4 is 17.7 Å². The average molecular weight is 253 g/mol. The summed E-state index contributed by atoms with van der Waals surface area (Å²) in [6.07, 6.45) is 3.09. The van der Waals surface area contributed by atoms with Gasteiger partial charge in [0, 0.05) is 6.07 Å². The van der Waals surface area contributed by atoms with Crippen molar-refractivity contribution in [2.24, 2.45) is 0 Å². The molecule has 0 saturated carbocycles. The molecule has 0 amide bonds. The Morgan fingerprint density at radius 1 is 1.56 bits per heavy atom. The van der Waals surface area contributed by atoms with E-state index in [1.54, 1.807) is 6.92 Å². The Balaban J connectivity index is 2.69. The smallest absolute Gasteiger partial charge is 0.309 e. The summed E-state index contributed by atoms with van der Waals surface area (Å²) in [7, 11) is 0. The lowest BCUT2D eigenvalue weighted by Gasteiger charge is -1.98. The molecule has 0 bridgehead atoms. The number of esters is 1. The summed E-state index contributed by atoms with van der Waals surface area (Å²) in [6, 6.07) is 3.53. The van der Waals surface area contributed by atoms with E-state index >= 15 is 0 Å². The minimum atomic E-state index is -0.904. The Hall–Kier alpha value is -2.24. The van der Waals surface area contributed by atoms with Crippen LogP contribution < -0.4 is 0 Å². The summed E-state index contributed by atoms with van der Waals surface area (Å²) in [5.41, 5.74) is -0.125. The van der Waals surface area contributed by atoms with E-state index in [4.69, 9.17) is 4.74 Å². The van der Waals surface area contributed by atoms with Crippen LogP contribution in [0.25, 0.3) is 6.08 Å². The maximum absolute atomic E-state index is 13.2. The lowest BCUT2D eigenvalue weighted by atomic mass is 10.2. The van der Waals surface area contributed by atoms with Crippen molar-refractivity contribution in [3.63, 3.8) is 0 Å². The van der Waals surface area contributed by atoms with E-state index in [1.807, 2.05) is 0 Å². The minimum absolute atomic E-state index is 0.0758. The van der Waals surface area contributed by atoms with Crippen molar-refractivity contribution in [3.8, 4) is 0 Å². The normalized spacial score (nSPS) is 10.6. The number of rotatable bonds is 5. The standard InChI is InChI=1S/C12H12FNO4/c1-2-18-12(15)5-3-4-9-6-7-11(14(16)17)10(13)8-9/h3-4,6-8H,2,5H2,1H3. The summed E-state index contributed by atoms with van der Waals surface area (Å²) in [6.45, 7) is 2.01. The third kappa shape index (κ3) is 3.97. The third-order valence-corrected chi connectivity index (χ3v) is 2.07. The summed E-state index contributed by atoms with van der Waals surface area (Å²) >= 11 is 0. The Morgan fingerprint density at radius 2 is 2.28 bits per heavy atom. The highest BCUT2D eigenvalue weighted by atomic mass is 19.1. The highest BCUT2D eigenvalue weighted by molar-refractivity contribution is 5.72. The topological polar surface area (TPSA) is 69.4 Å². The summed E-state index contributed by atoms with van der Waals surface area (Å²) in [5.74, 6) is -1.28. The molecule has 18 heavy (non-hydrogen) atoms. The first-order chi connectivity index (χ1) is 8.54. The number of carbonyl (C=O) groups excluding carboxylic acids is 1. The molecular weight excluding hydrogens is 241 g/mol. The van der Waals surface area contributed by atoms with Gasteiger partial charge in [0.1, 0.15) is 0 Å². The first kappa shape index (κ1) is 13.8. The van der Waals surface area contributed by atoms with E-state index in [9.17, 15) is 19.3 Å². The molecule has 6 heteroatoms. The monoisotopic (exact) mass is 253 g/mol. The van der Waals surface area contributed by atoms with Crippen molar-refractivity contribution in [2.45, 2.75) is 13.3 Å². The molecule has 96 valence electrons. The maximum Gasteiger partial charge on any atom is 0.309 e. The molecule has 0 unspecified atom stereocenters. The van der Waals surface area contributed by atoms with Gasteiger partial charge in [-0.2, -0.15) is 4.39 Å². The third-order valence-electron chi connectivity index (χ3n) is 2.07. The first-order valence-corrected chi connectivity index (χ1v) is 5.30. The number of hydrogen-bond donors (Lipinski definition) is 0. The van der Waals surface area contributed by atoms with E-state index in [1.165, 1.54) is 18.2 Å². The molecule has 0 radical (unpaired) electrons. The zero-order valence-corrected chi connectivity index (χ0v) is 9.76. The van der Waals surface area contributed by atoms with Gasteiger partial charge in [0.2, 0.25) is 5.82 Å². The fraction of sp³-hybridized carbons (Fsp3) is 0.250. The number of nitro benzene ring substituents is 1. The van der Waals surface area contributed by atoms with Crippen LogP contribution in [0, 0.1) is 15.9 Å². The summed E-state index contributed by atoms with van der Waals surface area (Å²) < 4.78 is 17.9. The van der Waals surface area contributed by atoms with Crippen LogP contribution in [0.4, 0.5) is 10.1 Å². The average Bonchev–Trinajstić information content (AvgIpc) is 2.29. The highest BCUT2D eigenvalue weighted by Crippen LogP contribution is 2.18. The number of nitro groups is 1. The Morgan fingerprint density at radius 3 is 2.83 bits per heavy atom. The molecule has 0 spiro atoms. The fourth-order valence-electron chi connectivity index (χ4n) is 1.29. The number of benzene rings is 1. The van der Waals surface area contributed by atoms with Crippen LogP contribution in [-0.2, 0) is 9.53 Å². The van der Waals surface area contributed by atoms with E-state index in [-0.39, 0.29) is 12.4 Å². The largest absolute Gasteiger partial charge is 0.466 e. The number of carbonyl (C=O) groups is 1. The Labute approximate surface area is 103 Å². The van der Waals surface area contributed by atoms with Gasteiger partial charge < -0.3 is 4.74 Å². The van der Waals surface area contributed by atoms with Crippen molar-refractivity contribution in [2.75, 3.05) is 6.61 Å². The van der Waals surface area contributed by atoms with E-state index in [0.29, 0.717) is 12.2 Å². The molecule has 0 aliphatic carbocycles. The second-order valence-corrected chi connectivity index (χ2v) is 3.38. The lowest BCUT2D eigenvalue weighted by molar-refractivity contribution is -0.387. The molecule has 1 rings (SSSR count). The van der Waals surface area contributed by atoms with E-state index in [0.717, 1.165) is 12.1 Å². The zero-order valence-electron chi connectivity index (χ0n) is 9.76. The molecule has 0 N–H and O–H groups in total. The Kier molecular flexibility index (Phi) is 4.98. The number of nitrogens with zero attached hydrogens (tertiary/aromatic N) is 1. The van der Waals surface area contributed by atoms with Gasteiger partial charge in [-0.1, -0.05) is 12.2 Å². The fourth-order valence-corrected chi connectivity index (χ4v) is 1.29. The van der Waals surface area contributed by atoms with Gasteiger partial charge in [0.15, 0.2) is 0 Å². The number of ether oxygens (including phenoxy) is 1. The predicted octanol–water partition coefficient (Wildman–Crippen LogP) is 2.70. The van der Waals surface area contributed by atoms with Crippen molar-refractivity contribution in [1.82, 2.24) is 0 Å². The minimum Gasteiger partial charge on any atom is -0.466 e. The van der Waals surface area contributed by atoms with Gasteiger partial charge in [0.05, 0.1) is 18.0 Å². The van der Waals surface area contributed by atoms with Gasteiger partial charge in [0.25, 0.3) is 0 Å². The molecule has 0 aromatic heterocycles. The second-order valence-electron chi connectivity index (χ2n) is 3.38. The molecule has 0 aliphatic rings. The Bertz CT molecular complexity index is 485.